The van der Waals surface area contributed by atoms with E-state index in [0.29, 0.717) is 11.4 Å². The first kappa shape index (κ1) is 14.1. The Hall–Kier alpha value is -2.89. The third-order valence-corrected chi connectivity index (χ3v) is 3.43. The second-order valence-electron chi connectivity index (χ2n) is 4.34. The molecule has 3 N–H and O–H groups in total. The number of H-pyrrole nitrogens is 1. The first-order valence-corrected chi connectivity index (χ1v) is 7.19. The fourth-order valence-electron chi connectivity index (χ4n) is 1.93. The summed E-state index contributed by atoms with van der Waals surface area (Å²) in [5.74, 6) is -0.415. The van der Waals surface area contributed by atoms with Crippen molar-refractivity contribution in [2.24, 2.45) is 10.2 Å². The molecule has 5 nitrogen and oxygen atoms in total. The predicted octanol–water partition coefficient (Wildman–Crippen LogP) is 4.77. The molecule has 0 radical (unpaired) electrons. The average Bonchev–Trinajstić information content (AvgIpc) is 2.84. The number of hydrogen-bond donors (Lipinski definition) is 3. The van der Waals surface area contributed by atoms with Gasteiger partial charge >= 0.3 is 0 Å². The van der Waals surface area contributed by atoms with Crippen LogP contribution >= 0.6 is 11.4 Å². The van der Waals surface area contributed by atoms with Crippen molar-refractivity contribution in [3.63, 3.8) is 0 Å². The van der Waals surface area contributed by atoms with Gasteiger partial charge in [-0.15, -0.1) is 5.11 Å². The van der Waals surface area contributed by atoms with Crippen molar-refractivity contribution in [3.05, 3.63) is 54.3 Å². The van der Waals surface area contributed by atoms with Crippen LogP contribution < -0.4 is 4.72 Å². The number of anilines is 1. The summed E-state index contributed by atoms with van der Waals surface area (Å²) in [6.45, 7) is 0. The summed E-state index contributed by atoms with van der Waals surface area (Å²) >= 11 is 0.961. The van der Waals surface area contributed by atoms with Crippen molar-refractivity contribution in [3.8, 4) is 11.2 Å². The van der Waals surface area contributed by atoms with Crippen molar-refractivity contribution in [2.45, 2.75) is 0 Å². The standard InChI is InChI=1S/C15H11FN4OS/c16-11-6-2-4-8-13(11)20-22-9-17-19-14-10-5-1-3-7-12(10)18-15(14)21/h1-8,18,20-21H. The Morgan fingerprint density at radius 2 is 1.91 bits per heavy atom. The van der Waals surface area contributed by atoms with Crippen LogP contribution in [0.15, 0.2) is 58.8 Å². The Morgan fingerprint density at radius 1 is 1.14 bits per heavy atom. The summed E-state index contributed by atoms with van der Waals surface area (Å²) in [6, 6.07) is 13.6. The van der Waals surface area contributed by atoms with E-state index in [4.69, 9.17) is 0 Å². The molecule has 0 saturated carbocycles. The molecular formula is C15H11FN4OS. The summed E-state index contributed by atoms with van der Waals surface area (Å²) in [5.41, 5.74) is 1.45. The Labute approximate surface area is 129 Å². The second kappa shape index (κ2) is 6.26. The first-order chi connectivity index (χ1) is 10.8. The lowest BCUT2D eigenvalue weighted by molar-refractivity contribution is 0.459. The molecule has 110 valence electrons. The van der Waals surface area contributed by atoms with Crippen LogP contribution in [0.1, 0.15) is 0 Å². The van der Waals surface area contributed by atoms with E-state index in [1.54, 1.807) is 18.2 Å². The molecule has 0 unspecified atom stereocenters. The molecule has 7 heteroatoms. The number of nitrogens with one attached hydrogen (secondary N) is 2. The average molecular weight is 314 g/mol. The largest absolute Gasteiger partial charge is 0.493 e. The molecule has 22 heavy (non-hydrogen) atoms. The van der Waals surface area contributed by atoms with Gasteiger partial charge < -0.3 is 14.8 Å². The number of nitrogens with zero attached hydrogens (tertiary/aromatic N) is 2. The van der Waals surface area contributed by atoms with Gasteiger partial charge in [-0.3, -0.25) is 0 Å². The quantitative estimate of drug-likeness (QED) is 0.471. The maximum Gasteiger partial charge on any atom is 0.218 e. The topological polar surface area (TPSA) is 72.8 Å². The molecule has 0 aliphatic carbocycles. The number of halogens is 1. The van der Waals surface area contributed by atoms with Gasteiger partial charge in [-0.05, 0) is 18.2 Å². The second-order valence-corrected chi connectivity index (χ2v) is 4.93. The van der Waals surface area contributed by atoms with E-state index in [1.165, 1.54) is 6.07 Å². The van der Waals surface area contributed by atoms with Crippen molar-refractivity contribution in [1.82, 2.24) is 4.98 Å². The van der Waals surface area contributed by atoms with Gasteiger partial charge in [-0.1, -0.05) is 35.4 Å². The van der Waals surface area contributed by atoms with Crippen molar-refractivity contribution in [1.29, 1.82) is 0 Å². The fourth-order valence-corrected chi connectivity index (χ4v) is 2.33. The zero-order valence-corrected chi connectivity index (χ0v) is 12.1. The molecule has 0 aliphatic heterocycles. The summed E-state index contributed by atoms with van der Waals surface area (Å²) in [4.78, 5) is 2.80. The highest BCUT2D eigenvalue weighted by atomic mass is 32.1. The molecule has 0 fully saturated rings. The Bertz CT molecular complexity index is 911. The van der Waals surface area contributed by atoms with Crippen molar-refractivity contribution >= 4 is 33.6 Å². The summed E-state index contributed by atoms with van der Waals surface area (Å²) < 4.78 is 16.1. The lowest BCUT2D eigenvalue weighted by atomic mass is 10.2. The van der Waals surface area contributed by atoms with Crippen LogP contribution in [-0.4, -0.2) is 10.1 Å². The van der Waals surface area contributed by atoms with Gasteiger partial charge in [-0.2, -0.15) is 0 Å². The summed E-state index contributed by atoms with van der Waals surface area (Å²) in [6.07, 6.45) is 0. The number of para-hydroxylation sites is 2. The monoisotopic (exact) mass is 314 g/mol. The van der Waals surface area contributed by atoms with E-state index < -0.39 is 0 Å². The number of aromatic hydroxyl groups is 1. The Balaban J connectivity index is 1.76. The first-order valence-electron chi connectivity index (χ1n) is 6.37. The van der Waals surface area contributed by atoms with Gasteiger partial charge in [0.15, 0.2) is 5.69 Å². The minimum Gasteiger partial charge on any atom is -0.493 e. The molecule has 1 heterocycles. The zero-order valence-electron chi connectivity index (χ0n) is 11.2. The molecule has 3 aromatic rings. The molecule has 0 saturated heterocycles. The number of hydrogen-bond acceptors (Lipinski definition) is 4. The number of aromatic nitrogens is 1. The Morgan fingerprint density at radius 3 is 2.77 bits per heavy atom. The highest BCUT2D eigenvalue weighted by Gasteiger charge is 2.08. The molecule has 0 atom stereocenters. The van der Waals surface area contributed by atoms with Crippen molar-refractivity contribution in [2.75, 3.05) is 4.72 Å². The lowest BCUT2D eigenvalue weighted by Gasteiger charge is -1.97. The van der Waals surface area contributed by atoms with Gasteiger partial charge in [0.2, 0.25) is 5.88 Å². The minimum absolute atomic E-state index is 0.0567. The maximum atomic E-state index is 13.4. The fraction of sp³-hybridized carbons (Fsp3) is 0. The van der Waals surface area contributed by atoms with Crippen LogP contribution in [0.2, 0.25) is 0 Å². The highest BCUT2D eigenvalue weighted by molar-refractivity contribution is 7.90. The van der Waals surface area contributed by atoms with E-state index >= 15 is 0 Å². The van der Waals surface area contributed by atoms with Gasteiger partial charge in [0.1, 0.15) is 5.82 Å². The van der Waals surface area contributed by atoms with E-state index in [9.17, 15) is 9.50 Å². The predicted molar refractivity (Wildman–Crippen MR) is 86.0 cm³/mol. The summed E-state index contributed by atoms with van der Waals surface area (Å²) in [5, 5.41) is 20.8. The molecular weight excluding hydrogens is 303 g/mol. The molecule has 2 aromatic carbocycles. The SMILES string of the molecule is Oc1[nH]c2ccccc2c1N=NC#SNc1ccccc1F. The van der Waals surface area contributed by atoms with E-state index in [1.807, 2.05) is 24.3 Å². The van der Waals surface area contributed by atoms with E-state index in [2.05, 4.69) is 25.2 Å². The number of fused-ring (bicyclic) bond motifs is 1. The molecule has 0 bridgehead atoms. The third kappa shape index (κ3) is 2.90. The Kier molecular flexibility index (Phi) is 4.00. The third-order valence-electron chi connectivity index (χ3n) is 2.93. The maximum absolute atomic E-state index is 13.4. The van der Waals surface area contributed by atoms with Crippen LogP contribution in [-0.2, 0) is 0 Å². The number of rotatable bonds is 2. The van der Waals surface area contributed by atoms with E-state index in [-0.39, 0.29) is 11.7 Å². The van der Waals surface area contributed by atoms with Crippen LogP contribution in [0.25, 0.3) is 10.9 Å². The summed E-state index contributed by atoms with van der Waals surface area (Å²) in [7, 11) is 0. The van der Waals surface area contributed by atoms with Crippen LogP contribution in [0.3, 0.4) is 0 Å². The zero-order chi connectivity index (χ0) is 15.4. The normalized spacial score (nSPS) is 10.8. The molecule has 0 aliphatic rings. The smallest absolute Gasteiger partial charge is 0.218 e. The number of aromatic amines is 1. The van der Waals surface area contributed by atoms with Gasteiger partial charge in [0, 0.05) is 16.7 Å². The van der Waals surface area contributed by atoms with Crippen LogP contribution in [0, 0.1) is 11.1 Å². The molecule has 1 aromatic heterocycles. The lowest BCUT2D eigenvalue weighted by Crippen LogP contribution is -1.84. The van der Waals surface area contributed by atoms with Gasteiger partial charge in [0.05, 0.1) is 16.5 Å². The van der Waals surface area contributed by atoms with Gasteiger partial charge in [-0.25, -0.2) is 4.39 Å². The molecule has 3 rings (SSSR count). The van der Waals surface area contributed by atoms with Crippen molar-refractivity contribution < 1.29 is 9.50 Å². The number of benzene rings is 2. The molecule has 0 amide bonds. The van der Waals surface area contributed by atoms with E-state index in [0.717, 1.165) is 22.3 Å². The highest BCUT2D eigenvalue weighted by Crippen LogP contribution is 2.34. The minimum atomic E-state index is -0.358. The van der Waals surface area contributed by atoms with Crippen LogP contribution in [0.5, 0.6) is 5.88 Å². The number of azo groups is 1. The molecule has 0 spiro atoms. The van der Waals surface area contributed by atoms with Gasteiger partial charge in [0.25, 0.3) is 0 Å². The van der Waals surface area contributed by atoms with Crippen LogP contribution in [0.4, 0.5) is 15.8 Å².